The summed E-state index contributed by atoms with van der Waals surface area (Å²) in [6.07, 6.45) is 70.2. The van der Waals surface area contributed by atoms with Crippen LogP contribution in [-0.4, -0.2) is 100 Å². The molecule has 11 heteroatoms. The van der Waals surface area contributed by atoms with Crippen molar-refractivity contribution in [3.8, 4) is 0 Å². The van der Waals surface area contributed by atoms with Crippen LogP contribution in [0.3, 0.4) is 0 Å². The zero-order valence-electron chi connectivity index (χ0n) is 53.9. The minimum atomic E-state index is -1.58. The number of amides is 1. The fourth-order valence-electron chi connectivity index (χ4n) is 11.2. The second kappa shape index (κ2) is 61.3. The van der Waals surface area contributed by atoms with Crippen LogP contribution in [-0.2, 0) is 23.8 Å². The Kier molecular flexibility index (Phi) is 58.0. The van der Waals surface area contributed by atoms with Gasteiger partial charge in [-0.1, -0.05) is 293 Å². The highest BCUT2D eigenvalue weighted by Crippen LogP contribution is 2.23. The first-order valence-corrected chi connectivity index (χ1v) is 35.4. The molecular weight excluding hydrogens is 1040 g/mol. The molecule has 0 bridgehead atoms. The fraction of sp³-hybridized carbons (Fsp3) is 0.861. The molecule has 1 fully saturated rings. The van der Waals surface area contributed by atoms with Gasteiger partial charge in [0.05, 0.1) is 32.0 Å². The molecule has 1 rings (SSSR count). The van der Waals surface area contributed by atoms with E-state index in [4.69, 9.17) is 14.2 Å². The Bertz CT molecular complexity index is 1520. The van der Waals surface area contributed by atoms with E-state index in [1.165, 1.54) is 250 Å². The van der Waals surface area contributed by atoms with E-state index in [2.05, 4.69) is 42.6 Å². The number of hydrogen-bond donors (Lipinski definition) is 6. The number of unbranched alkanes of at least 4 members (excludes halogenated alkanes) is 43. The lowest BCUT2D eigenvalue weighted by Gasteiger charge is -2.40. The van der Waals surface area contributed by atoms with Crippen molar-refractivity contribution in [2.45, 2.75) is 378 Å². The Balaban J connectivity index is 1.90. The standard InChI is InChI=1S/C72H133NO10/c1-3-5-7-9-11-13-39-44-48-52-56-60-68(77)81-61-57-53-49-45-41-38-36-34-32-30-28-26-24-22-20-18-16-14-15-17-19-21-23-25-27-29-31-33-35-37-40-43-47-51-55-59-67(76)73-64(65(75)58-54-50-46-42-12-10-8-6-4-2)63-82-72-71(80)70(79)69(78)66(62-74)83-72/h4,6,12,16,18,42,54,58,64-66,69-72,74-75,78-80H,3,5,7-11,13-15,17,19-41,43-53,55-57,59-63H2,1-2H3,(H,73,76)/b6-4+,18-16-,42-12+,58-54+. The van der Waals surface area contributed by atoms with Gasteiger partial charge in [-0.2, -0.15) is 0 Å². The van der Waals surface area contributed by atoms with E-state index in [0.717, 1.165) is 57.8 Å². The van der Waals surface area contributed by atoms with Crippen LogP contribution < -0.4 is 5.32 Å². The highest BCUT2D eigenvalue weighted by molar-refractivity contribution is 5.76. The summed E-state index contributed by atoms with van der Waals surface area (Å²) in [5.74, 6) is -0.182. The summed E-state index contributed by atoms with van der Waals surface area (Å²) in [5, 5.41) is 54.2. The molecule has 1 amide bonds. The van der Waals surface area contributed by atoms with Crippen molar-refractivity contribution in [1.82, 2.24) is 5.32 Å². The van der Waals surface area contributed by atoms with E-state index in [-0.39, 0.29) is 18.5 Å². The summed E-state index contributed by atoms with van der Waals surface area (Å²) < 4.78 is 16.7. The van der Waals surface area contributed by atoms with Crippen molar-refractivity contribution in [2.24, 2.45) is 0 Å². The third kappa shape index (κ3) is 50.3. The molecule has 0 saturated carbocycles. The minimum absolute atomic E-state index is 0.0129. The fourth-order valence-corrected chi connectivity index (χ4v) is 11.2. The van der Waals surface area contributed by atoms with Crippen molar-refractivity contribution in [2.75, 3.05) is 19.8 Å². The minimum Gasteiger partial charge on any atom is -0.466 e. The molecule has 0 aliphatic carbocycles. The van der Waals surface area contributed by atoms with E-state index in [1.807, 2.05) is 19.1 Å². The van der Waals surface area contributed by atoms with Crippen molar-refractivity contribution in [3.05, 3.63) is 48.6 Å². The highest BCUT2D eigenvalue weighted by Gasteiger charge is 2.44. The molecule has 1 aliphatic rings. The Labute approximate surface area is 510 Å². The lowest BCUT2D eigenvalue weighted by atomic mass is 9.99. The van der Waals surface area contributed by atoms with Gasteiger partial charge in [-0.15, -0.1) is 0 Å². The summed E-state index contributed by atoms with van der Waals surface area (Å²) >= 11 is 0. The van der Waals surface area contributed by atoms with Crippen molar-refractivity contribution < 1.29 is 49.3 Å². The second-order valence-electron chi connectivity index (χ2n) is 24.6. The van der Waals surface area contributed by atoms with Crippen LogP contribution in [0.5, 0.6) is 0 Å². The van der Waals surface area contributed by atoms with Crippen LogP contribution in [0.1, 0.15) is 335 Å². The molecule has 0 radical (unpaired) electrons. The topological polar surface area (TPSA) is 175 Å². The van der Waals surface area contributed by atoms with E-state index in [1.54, 1.807) is 6.08 Å². The normalized spacial score (nSPS) is 18.4. The van der Waals surface area contributed by atoms with E-state index in [9.17, 15) is 35.1 Å². The van der Waals surface area contributed by atoms with Gasteiger partial charge in [-0.3, -0.25) is 9.59 Å². The van der Waals surface area contributed by atoms with Gasteiger partial charge in [0.15, 0.2) is 6.29 Å². The number of carbonyl (C=O) groups is 2. The van der Waals surface area contributed by atoms with Gasteiger partial charge in [0.2, 0.25) is 5.91 Å². The van der Waals surface area contributed by atoms with Crippen LogP contribution in [0, 0.1) is 0 Å². The zero-order chi connectivity index (χ0) is 60.2. The van der Waals surface area contributed by atoms with Gasteiger partial charge in [-0.25, -0.2) is 0 Å². The largest absolute Gasteiger partial charge is 0.466 e. The first-order chi connectivity index (χ1) is 40.7. The Morgan fingerprint density at radius 3 is 1.27 bits per heavy atom. The number of aliphatic hydroxyl groups excluding tert-OH is 5. The maximum atomic E-state index is 13.0. The predicted octanol–water partition coefficient (Wildman–Crippen LogP) is 18.0. The average molecular weight is 1170 g/mol. The lowest BCUT2D eigenvalue weighted by Crippen LogP contribution is -2.60. The molecule has 11 nitrogen and oxygen atoms in total. The SMILES string of the molecule is C/C=C/CC/C=C/CC/C=C/C(O)C(COC1OC(CO)C(O)C(O)C1O)NC(=O)CCCCCCCCCCCCCCCCCCC/C=C\CCCCCCCCCCCCCCCCOC(=O)CCCCCCCCCCCCC. The number of hydrogen-bond acceptors (Lipinski definition) is 10. The predicted molar refractivity (Wildman–Crippen MR) is 347 cm³/mol. The summed E-state index contributed by atoms with van der Waals surface area (Å²) in [6, 6.07) is -0.831. The van der Waals surface area contributed by atoms with E-state index >= 15 is 0 Å². The molecule has 1 aliphatic heterocycles. The molecule has 6 N–H and O–H groups in total. The van der Waals surface area contributed by atoms with Gasteiger partial charge >= 0.3 is 5.97 Å². The van der Waals surface area contributed by atoms with Crippen LogP contribution in [0.4, 0.5) is 0 Å². The molecular formula is C72H133NO10. The number of ether oxygens (including phenoxy) is 3. The molecule has 0 aromatic heterocycles. The van der Waals surface area contributed by atoms with Crippen molar-refractivity contribution >= 4 is 11.9 Å². The number of carbonyl (C=O) groups excluding carboxylic acids is 2. The summed E-state index contributed by atoms with van der Waals surface area (Å²) in [5.41, 5.74) is 0. The number of allylic oxidation sites excluding steroid dienone is 7. The van der Waals surface area contributed by atoms with Gasteiger partial charge in [-0.05, 0) is 77.6 Å². The summed E-state index contributed by atoms with van der Waals surface area (Å²) in [4.78, 5) is 25.0. The van der Waals surface area contributed by atoms with Gasteiger partial charge < -0.3 is 45.1 Å². The Morgan fingerprint density at radius 1 is 0.458 bits per heavy atom. The molecule has 486 valence electrons. The highest BCUT2D eigenvalue weighted by atomic mass is 16.7. The average Bonchev–Trinajstić information content (AvgIpc) is 3.69. The van der Waals surface area contributed by atoms with Gasteiger partial charge in [0, 0.05) is 12.8 Å². The van der Waals surface area contributed by atoms with Crippen LogP contribution in [0.2, 0.25) is 0 Å². The quantitative estimate of drug-likeness (QED) is 0.0195. The second-order valence-corrected chi connectivity index (χ2v) is 24.6. The van der Waals surface area contributed by atoms with E-state index < -0.39 is 49.5 Å². The molecule has 0 spiro atoms. The molecule has 1 heterocycles. The maximum Gasteiger partial charge on any atom is 0.305 e. The van der Waals surface area contributed by atoms with Gasteiger partial charge in [0.25, 0.3) is 0 Å². The Morgan fingerprint density at radius 2 is 0.831 bits per heavy atom. The first-order valence-electron chi connectivity index (χ1n) is 35.4. The zero-order valence-corrected chi connectivity index (χ0v) is 53.9. The van der Waals surface area contributed by atoms with Gasteiger partial charge in [0.1, 0.15) is 24.4 Å². The van der Waals surface area contributed by atoms with E-state index in [0.29, 0.717) is 19.4 Å². The number of esters is 1. The maximum absolute atomic E-state index is 13.0. The smallest absolute Gasteiger partial charge is 0.305 e. The van der Waals surface area contributed by atoms with Crippen molar-refractivity contribution in [3.63, 3.8) is 0 Å². The number of nitrogens with one attached hydrogen (secondary N) is 1. The number of rotatable bonds is 62. The molecule has 7 unspecified atom stereocenters. The lowest BCUT2D eigenvalue weighted by molar-refractivity contribution is -0.302. The monoisotopic (exact) mass is 1170 g/mol. The third-order valence-electron chi connectivity index (χ3n) is 16.7. The molecule has 83 heavy (non-hydrogen) atoms. The third-order valence-corrected chi connectivity index (χ3v) is 16.7. The number of aliphatic hydroxyl groups is 5. The summed E-state index contributed by atoms with van der Waals surface area (Å²) in [6.45, 7) is 4.12. The molecule has 0 aromatic carbocycles. The molecule has 1 saturated heterocycles. The Hall–Kier alpha value is -2.38. The van der Waals surface area contributed by atoms with Crippen LogP contribution >= 0.6 is 0 Å². The summed E-state index contributed by atoms with van der Waals surface area (Å²) in [7, 11) is 0. The van der Waals surface area contributed by atoms with Crippen molar-refractivity contribution in [1.29, 1.82) is 0 Å². The molecule has 7 atom stereocenters. The molecule has 0 aromatic rings. The van der Waals surface area contributed by atoms with Crippen LogP contribution in [0.15, 0.2) is 48.6 Å². The van der Waals surface area contributed by atoms with Crippen LogP contribution in [0.25, 0.3) is 0 Å². The first kappa shape index (κ1) is 78.6.